The maximum atomic E-state index is 10.4. The molecule has 1 aromatic heterocycles. The summed E-state index contributed by atoms with van der Waals surface area (Å²) in [6.45, 7) is 1.95. The highest BCUT2D eigenvalue weighted by molar-refractivity contribution is 6.31. The van der Waals surface area contributed by atoms with Crippen molar-refractivity contribution < 1.29 is 9.52 Å². The van der Waals surface area contributed by atoms with E-state index in [1.54, 1.807) is 24.3 Å². The van der Waals surface area contributed by atoms with Gasteiger partial charge < -0.3 is 9.52 Å². The lowest BCUT2D eigenvalue weighted by Crippen LogP contribution is -1.99. The van der Waals surface area contributed by atoms with Crippen LogP contribution in [-0.2, 0) is 0 Å². The van der Waals surface area contributed by atoms with Gasteiger partial charge in [-0.05, 0) is 42.8 Å². The molecule has 20 heavy (non-hydrogen) atoms. The lowest BCUT2D eigenvalue weighted by atomic mass is 10.1. The maximum Gasteiger partial charge on any atom is 0.138 e. The summed E-state index contributed by atoms with van der Waals surface area (Å²) in [5.41, 5.74) is 2.36. The van der Waals surface area contributed by atoms with Gasteiger partial charge in [-0.25, -0.2) is 0 Å². The fourth-order valence-electron chi connectivity index (χ4n) is 2.18. The number of rotatable bonds is 2. The van der Waals surface area contributed by atoms with E-state index >= 15 is 0 Å². The van der Waals surface area contributed by atoms with E-state index in [1.807, 2.05) is 25.1 Å². The van der Waals surface area contributed by atoms with Crippen molar-refractivity contribution in [1.29, 1.82) is 0 Å². The molecular weight excluding hydrogens is 295 g/mol. The molecule has 1 heterocycles. The quantitative estimate of drug-likeness (QED) is 0.712. The van der Waals surface area contributed by atoms with Crippen LogP contribution in [0, 0.1) is 6.92 Å². The van der Waals surface area contributed by atoms with Crippen LogP contribution in [-0.4, -0.2) is 5.11 Å². The fourth-order valence-corrected chi connectivity index (χ4v) is 2.70. The Morgan fingerprint density at radius 1 is 1.05 bits per heavy atom. The number of hydrogen-bond donors (Lipinski definition) is 1. The third-order valence-electron chi connectivity index (χ3n) is 3.22. The van der Waals surface area contributed by atoms with E-state index in [0.29, 0.717) is 27.0 Å². The predicted molar refractivity (Wildman–Crippen MR) is 81.5 cm³/mol. The fraction of sp³-hybridized carbons (Fsp3) is 0.125. The van der Waals surface area contributed by atoms with Crippen molar-refractivity contribution in [3.63, 3.8) is 0 Å². The Labute approximate surface area is 126 Å². The van der Waals surface area contributed by atoms with Crippen LogP contribution in [0.1, 0.15) is 23.0 Å². The van der Waals surface area contributed by atoms with Gasteiger partial charge in [0.15, 0.2) is 0 Å². The first kappa shape index (κ1) is 13.5. The van der Waals surface area contributed by atoms with Gasteiger partial charge in [0.2, 0.25) is 0 Å². The topological polar surface area (TPSA) is 33.4 Å². The van der Waals surface area contributed by atoms with E-state index < -0.39 is 6.10 Å². The third-order valence-corrected chi connectivity index (χ3v) is 3.78. The van der Waals surface area contributed by atoms with E-state index in [2.05, 4.69) is 0 Å². The molecule has 0 aliphatic rings. The van der Waals surface area contributed by atoms with Crippen molar-refractivity contribution in [1.82, 2.24) is 0 Å². The molecule has 2 aromatic carbocycles. The molecule has 4 heteroatoms. The Morgan fingerprint density at radius 2 is 1.85 bits per heavy atom. The highest BCUT2D eigenvalue weighted by Gasteiger charge is 2.18. The molecule has 0 bridgehead atoms. The molecule has 2 nitrogen and oxygen atoms in total. The Balaban J connectivity index is 2.05. The van der Waals surface area contributed by atoms with E-state index in [9.17, 15) is 5.11 Å². The van der Waals surface area contributed by atoms with E-state index in [-0.39, 0.29) is 0 Å². The van der Waals surface area contributed by atoms with Crippen molar-refractivity contribution in [2.24, 2.45) is 0 Å². The lowest BCUT2D eigenvalue weighted by molar-refractivity contribution is 0.192. The van der Waals surface area contributed by atoms with Crippen molar-refractivity contribution >= 4 is 34.2 Å². The molecule has 0 saturated heterocycles. The number of furan rings is 1. The number of aliphatic hydroxyl groups excluding tert-OH is 1. The standard InChI is InChI=1S/C16H12Cl2O2/c1-9-2-4-12(13(18)6-9)16(19)15-8-10-7-11(17)3-5-14(10)20-15/h2-8,16,19H,1H3. The zero-order chi connectivity index (χ0) is 14.3. The molecule has 0 aliphatic carbocycles. The summed E-state index contributed by atoms with van der Waals surface area (Å²) in [5.74, 6) is 0.452. The predicted octanol–water partition coefficient (Wildman–Crippen LogP) is 5.13. The number of hydrogen-bond acceptors (Lipinski definition) is 2. The minimum absolute atomic E-state index is 0.452. The summed E-state index contributed by atoms with van der Waals surface area (Å²) in [5, 5.41) is 12.4. The van der Waals surface area contributed by atoms with Crippen LogP contribution in [0.5, 0.6) is 0 Å². The van der Waals surface area contributed by atoms with Crippen LogP contribution in [0.4, 0.5) is 0 Å². The molecular formula is C16H12Cl2O2. The van der Waals surface area contributed by atoms with Crippen molar-refractivity contribution in [3.8, 4) is 0 Å². The largest absolute Gasteiger partial charge is 0.458 e. The summed E-state index contributed by atoms with van der Waals surface area (Å²) in [6, 6.07) is 12.6. The zero-order valence-corrected chi connectivity index (χ0v) is 12.2. The molecule has 0 amide bonds. The van der Waals surface area contributed by atoms with E-state index in [1.165, 1.54) is 0 Å². The second kappa shape index (κ2) is 5.13. The van der Waals surface area contributed by atoms with Crippen LogP contribution >= 0.6 is 23.2 Å². The number of aliphatic hydroxyl groups is 1. The first-order chi connectivity index (χ1) is 9.54. The van der Waals surface area contributed by atoms with Gasteiger partial charge in [0.05, 0.1) is 0 Å². The summed E-state index contributed by atoms with van der Waals surface area (Å²) in [4.78, 5) is 0. The summed E-state index contributed by atoms with van der Waals surface area (Å²) in [6.07, 6.45) is -0.894. The second-order valence-corrected chi connectivity index (χ2v) is 5.60. The van der Waals surface area contributed by atoms with Gasteiger partial charge >= 0.3 is 0 Å². The minimum Gasteiger partial charge on any atom is -0.458 e. The molecule has 0 saturated carbocycles. The van der Waals surface area contributed by atoms with Gasteiger partial charge in [0.25, 0.3) is 0 Å². The zero-order valence-electron chi connectivity index (χ0n) is 10.7. The smallest absolute Gasteiger partial charge is 0.138 e. The number of benzene rings is 2. The maximum absolute atomic E-state index is 10.4. The van der Waals surface area contributed by atoms with Gasteiger partial charge in [-0.15, -0.1) is 0 Å². The number of halogens is 2. The van der Waals surface area contributed by atoms with Gasteiger partial charge in [-0.1, -0.05) is 35.3 Å². The molecule has 1 N–H and O–H groups in total. The molecule has 3 aromatic rings. The van der Waals surface area contributed by atoms with Crippen LogP contribution in [0.3, 0.4) is 0 Å². The average Bonchev–Trinajstić information content (AvgIpc) is 2.81. The molecule has 0 aliphatic heterocycles. The average molecular weight is 307 g/mol. The number of aryl methyl sites for hydroxylation is 1. The SMILES string of the molecule is Cc1ccc(C(O)c2cc3cc(Cl)ccc3o2)c(Cl)c1. The van der Waals surface area contributed by atoms with Gasteiger partial charge in [-0.3, -0.25) is 0 Å². The monoisotopic (exact) mass is 306 g/mol. The van der Waals surface area contributed by atoms with Crippen LogP contribution in [0.2, 0.25) is 10.0 Å². The molecule has 0 fully saturated rings. The first-order valence-electron chi connectivity index (χ1n) is 6.18. The van der Waals surface area contributed by atoms with Crippen LogP contribution in [0.25, 0.3) is 11.0 Å². The highest BCUT2D eigenvalue weighted by atomic mass is 35.5. The molecule has 0 spiro atoms. The highest BCUT2D eigenvalue weighted by Crippen LogP contribution is 2.33. The van der Waals surface area contributed by atoms with Crippen LogP contribution < -0.4 is 0 Å². The first-order valence-corrected chi connectivity index (χ1v) is 6.93. The van der Waals surface area contributed by atoms with Crippen molar-refractivity contribution in [2.75, 3.05) is 0 Å². The summed E-state index contributed by atoms with van der Waals surface area (Å²) in [7, 11) is 0. The Morgan fingerprint density at radius 3 is 2.60 bits per heavy atom. The summed E-state index contributed by atoms with van der Waals surface area (Å²) >= 11 is 12.1. The molecule has 1 atom stereocenters. The van der Waals surface area contributed by atoms with E-state index in [0.717, 1.165) is 10.9 Å². The van der Waals surface area contributed by atoms with Crippen molar-refractivity contribution in [3.05, 3.63) is 69.4 Å². The minimum atomic E-state index is -0.894. The Kier molecular flexibility index (Phi) is 3.47. The molecule has 0 radical (unpaired) electrons. The van der Waals surface area contributed by atoms with Gasteiger partial charge in [-0.2, -0.15) is 0 Å². The number of fused-ring (bicyclic) bond motifs is 1. The second-order valence-electron chi connectivity index (χ2n) is 4.76. The van der Waals surface area contributed by atoms with Gasteiger partial charge in [0, 0.05) is 21.0 Å². The van der Waals surface area contributed by atoms with Gasteiger partial charge in [0.1, 0.15) is 17.4 Å². The molecule has 1 unspecified atom stereocenters. The normalized spacial score (nSPS) is 12.8. The Bertz CT molecular complexity index is 777. The van der Waals surface area contributed by atoms with E-state index in [4.69, 9.17) is 27.6 Å². The van der Waals surface area contributed by atoms with Crippen LogP contribution in [0.15, 0.2) is 46.9 Å². The third kappa shape index (κ3) is 2.42. The summed E-state index contributed by atoms with van der Waals surface area (Å²) < 4.78 is 5.66. The Hall–Kier alpha value is -1.48. The lowest BCUT2D eigenvalue weighted by Gasteiger charge is -2.10. The van der Waals surface area contributed by atoms with Crippen molar-refractivity contribution in [2.45, 2.75) is 13.0 Å². The molecule has 3 rings (SSSR count). The molecule has 102 valence electrons.